The molecule has 0 aliphatic carbocycles. The molecular weight excluding hydrogens is 275 g/mol. The predicted molar refractivity (Wildman–Crippen MR) is 64.7 cm³/mol. The van der Waals surface area contributed by atoms with Gasteiger partial charge in [-0.05, 0) is 18.2 Å². The number of amides is 1. The third-order valence-corrected chi connectivity index (χ3v) is 4.26. The van der Waals surface area contributed by atoms with Gasteiger partial charge in [0.05, 0.1) is 7.11 Å². The van der Waals surface area contributed by atoms with Gasteiger partial charge in [-0.1, -0.05) is 0 Å². The highest BCUT2D eigenvalue weighted by Gasteiger charge is 2.28. The van der Waals surface area contributed by atoms with Gasteiger partial charge in [-0.2, -0.15) is 0 Å². The summed E-state index contributed by atoms with van der Waals surface area (Å²) in [5.41, 5.74) is 0. The second-order valence-electron chi connectivity index (χ2n) is 4.12. The molecule has 1 fully saturated rings. The number of benzene rings is 1. The highest BCUT2D eigenvalue weighted by atomic mass is 32.2. The predicted octanol–water partition coefficient (Wildman–Crippen LogP) is 0.00110. The van der Waals surface area contributed by atoms with E-state index in [1.54, 1.807) is 0 Å². The number of halogens is 1. The van der Waals surface area contributed by atoms with E-state index >= 15 is 0 Å². The van der Waals surface area contributed by atoms with E-state index in [1.807, 2.05) is 0 Å². The lowest BCUT2D eigenvalue weighted by atomic mass is 10.3. The minimum atomic E-state index is -3.94. The van der Waals surface area contributed by atoms with Crippen molar-refractivity contribution in [3.8, 4) is 5.75 Å². The quantitative estimate of drug-likeness (QED) is 0.817. The van der Waals surface area contributed by atoms with Crippen LogP contribution in [0.15, 0.2) is 23.1 Å². The van der Waals surface area contributed by atoms with Crippen LogP contribution in [0.25, 0.3) is 0 Å². The Morgan fingerprint density at radius 1 is 1.47 bits per heavy atom. The molecule has 1 aromatic rings. The zero-order valence-electron chi connectivity index (χ0n) is 10.1. The molecule has 1 aliphatic rings. The molecule has 1 heterocycles. The monoisotopic (exact) mass is 288 g/mol. The SMILES string of the molecule is COc1ccc(F)cc1S(=O)(=O)N[C@@H]1CNC(=O)C1. The lowest BCUT2D eigenvalue weighted by Gasteiger charge is -2.13. The Balaban J connectivity index is 2.28. The summed E-state index contributed by atoms with van der Waals surface area (Å²) >= 11 is 0. The molecule has 0 unspecified atom stereocenters. The summed E-state index contributed by atoms with van der Waals surface area (Å²) in [5, 5.41) is 2.51. The van der Waals surface area contributed by atoms with Crippen LogP contribution in [0.4, 0.5) is 4.39 Å². The van der Waals surface area contributed by atoms with Crippen LogP contribution in [0.3, 0.4) is 0 Å². The van der Waals surface area contributed by atoms with E-state index < -0.39 is 21.9 Å². The van der Waals surface area contributed by atoms with E-state index in [0.29, 0.717) is 0 Å². The van der Waals surface area contributed by atoms with Gasteiger partial charge in [0, 0.05) is 19.0 Å². The summed E-state index contributed by atoms with van der Waals surface area (Å²) in [6, 6.07) is 2.69. The van der Waals surface area contributed by atoms with Crippen LogP contribution < -0.4 is 14.8 Å². The molecule has 0 saturated carbocycles. The van der Waals surface area contributed by atoms with Gasteiger partial charge >= 0.3 is 0 Å². The summed E-state index contributed by atoms with van der Waals surface area (Å²) in [4.78, 5) is 10.7. The number of nitrogens with one attached hydrogen (secondary N) is 2. The minimum Gasteiger partial charge on any atom is -0.495 e. The lowest BCUT2D eigenvalue weighted by molar-refractivity contribution is -0.119. The van der Waals surface area contributed by atoms with Gasteiger partial charge in [-0.15, -0.1) is 0 Å². The van der Waals surface area contributed by atoms with Gasteiger partial charge in [-0.3, -0.25) is 4.79 Å². The van der Waals surface area contributed by atoms with Gasteiger partial charge in [0.2, 0.25) is 15.9 Å². The summed E-state index contributed by atoms with van der Waals surface area (Å²) < 4.78 is 44.7. The van der Waals surface area contributed by atoms with Gasteiger partial charge in [0.1, 0.15) is 16.5 Å². The lowest BCUT2D eigenvalue weighted by Crippen LogP contribution is -2.36. The van der Waals surface area contributed by atoms with Crippen molar-refractivity contribution in [3.05, 3.63) is 24.0 Å². The molecule has 1 aromatic carbocycles. The number of hydrogen-bond acceptors (Lipinski definition) is 4. The number of methoxy groups -OCH3 is 1. The molecular formula is C11H13FN2O4S. The third kappa shape index (κ3) is 3.02. The van der Waals surface area contributed by atoms with Crippen LogP contribution in [-0.2, 0) is 14.8 Å². The Labute approximate surface area is 110 Å². The summed E-state index contributed by atoms with van der Waals surface area (Å²) in [7, 11) is -2.64. The van der Waals surface area contributed by atoms with Gasteiger partial charge in [0.25, 0.3) is 0 Å². The van der Waals surface area contributed by atoms with Crippen molar-refractivity contribution in [2.24, 2.45) is 0 Å². The molecule has 19 heavy (non-hydrogen) atoms. The number of hydrogen-bond donors (Lipinski definition) is 2. The highest BCUT2D eigenvalue weighted by molar-refractivity contribution is 7.89. The first-order valence-corrected chi connectivity index (χ1v) is 7.03. The first-order chi connectivity index (χ1) is 8.92. The maximum Gasteiger partial charge on any atom is 0.244 e. The van der Waals surface area contributed by atoms with E-state index in [2.05, 4.69) is 10.0 Å². The normalized spacial score (nSPS) is 19.3. The zero-order chi connectivity index (χ0) is 14.0. The largest absolute Gasteiger partial charge is 0.495 e. The van der Waals surface area contributed by atoms with E-state index in [9.17, 15) is 17.6 Å². The second kappa shape index (κ2) is 5.14. The number of ether oxygens (including phenoxy) is 1. The summed E-state index contributed by atoms with van der Waals surface area (Å²) in [5.74, 6) is -0.855. The number of carbonyl (C=O) groups is 1. The first kappa shape index (κ1) is 13.8. The van der Waals surface area contributed by atoms with Crippen molar-refractivity contribution in [1.82, 2.24) is 10.0 Å². The smallest absolute Gasteiger partial charge is 0.244 e. The van der Waals surface area contributed by atoms with Crippen molar-refractivity contribution < 1.29 is 22.3 Å². The fourth-order valence-corrected chi connectivity index (χ4v) is 3.25. The molecule has 1 aliphatic heterocycles. The zero-order valence-corrected chi connectivity index (χ0v) is 11.0. The maximum atomic E-state index is 13.2. The van der Waals surface area contributed by atoms with Gasteiger partial charge < -0.3 is 10.1 Å². The Morgan fingerprint density at radius 2 is 2.21 bits per heavy atom. The van der Waals surface area contributed by atoms with Crippen LogP contribution >= 0.6 is 0 Å². The Morgan fingerprint density at radius 3 is 2.79 bits per heavy atom. The summed E-state index contributed by atoms with van der Waals surface area (Å²) in [6.07, 6.45) is 0.0663. The van der Waals surface area contributed by atoms with E-state index in [4.69, 9.17) is 4.74 Å². The molecule has 2 N–H and O–H groups in total. The van der Waals surface area contributed by atoms with Crippen molar-refractivity contribution in [2.75, 3.05) is 13.7 Å². The summed E-state index contributed by atoms with van der Waals surface area (Å²) in [6.45, 7) is 0.218. The minimum absolute atomic E-state index is 0.0474. The van der Waals surface area contributed by atoms with Gasteiger partial charge in [0.15, 0.2) is 0 Å². The number of rotatable bonds is 4. The van der Waals surface area contributed by atoms with Crippen molar-refractivity contribution in [2.45, 2.75) is 17.4 Å². The molecule has 0 aromatic heterocycles. The molecule has 1 atom stereocenters. The van der Waals surface area contributed by atoms with Crippen LogP contribution in [0, 0.1) is 5.82 Å². The van der Waals surface area contributed by atoms with Crippen molar-refractivity contribution in [1.29, 1.82) is 0 Å². The standard InChI is InChI=1S/C11H13FN2O4S/c1-18-9-3-2-7(12)4-10(9)19(16,17)14-8-5-11(15)13-6-8/h2-4,8,14H,5-6H2,1H3,(H,13,15)/t8-/m0/s1. The molecule has 2 rings (SSSR count). The Kier molecular flexibility index (Phi) is 3.72. The van der Waals surface area contributed by atoms with Crippen molar-refractivity contribution >= 4 is 15.9 Å². The maximum absolute atomic E-state index is 13.2. The number of carbonyl (C=O) groups excluding carboxylic acids is 1. The molecule has 6 nitrogen and oxygen atoms in total. The van der Waals surface area contributed by atoms with Crippen molar-refractivity contribution in [3.63, 3.8) is 0 Å². The average molecular weight is 288 g/mol. The molecule has 1 amide bonds. The van der Waals surface area contributed by atoms with Crippen LogP contribution in [0.2, 0.25) is 0 Å². The van der Waals surface area contributed by atoms with Crippen LogP contribution in [0.1, 0.15) is 6.42 Å². The molecule has 0 spiro atoms. The first-order valence-electron chi connectivity index (χ1n) is 5.55. The van der Waals surface area contributed by atoms with Crippen LogP contribution in [-0.4, -0.2) is 34.0 Å². The Bertz CT molecular complexity index is 603. The van der Waals surface area contributed by atoms with Gasteiger partial charge in [-0.25, -0.2) is 17.5 Å². The van der Waals surface area contributed by atoms with Crippen LogP contribution in [0.5, 0.6) is 5.75 Å². The molecule has 0 bridgehead atoms. The molecule has 0 radical (unpaired) electrons. The molecule has 1 saturated heterocycles. The van der Waals surface area contributed by atoms with E-state index in [0.717, 1.165) is 12.1 Å². The fourth-order valence-electron chi connectivity index (χ4n) is 1.83. The fraction of sp³-hybridized carbons (Fsp3) is 0.364. The third-order valence-electron chi connectivity index (χ3n) is 2.71. The molecule has 8 heteroatoms. The Hall–Kier alpha value is -1.67. The number of sulfonamides is 1. The highest BCUT2D eigenvalue weighted by Crippen LogP contribution is 2.24. The second-order valence-corrected chi connectivity index (χ2v) is 5.80. The molecule has 104 valence electrons. The average Bonchev–Trinajstić information content (AvgIpc) is 2.74. The van der Waals surface area contributed by atoms with E-state index in [-0.39, 0.29) is 29.5 Å². The van der Waals surface area contributed by atoms with E-state index in [1.165, 1.54) is 13.2 Å². The topological polar surface area (TPSA) is 84.5 Å².